The number of allylic oxidation sites excluding steroid dienone is 2. The van der Waals surface area contributed by atoms with Crippen LogP contribution >= 0.6 is 0 Å². The van der Waals surface area contributed by atoms with E-state index in [1.165, 1.54) is 5.57 Å². The maximum atomic E-state index is 12.8. The molecule has 0 bridgehead atoms. The predicted octanol–water partition coefficient (Wildman–Crippen LogP) is 4.36. The van der Waals surface area contributed by atoms with Crippen molar-refractivity contribution < 1.29 is 30.0 Å². The van der Waals surface area contributed by atoms with E-state index in [-0.39, 0.29) is 40.6 Å². The van der Waals surface area contributed by atoms with Crippen LogP contribution in [-0.4, -0.2) is 51.5 Å². The van der Waals surface area contributed by atoms with Gasteiger partial charge in [-0.1, -0.05) is 46.3 Å². The second-order valence-electron chi connectivity index (χ2n) is 14.7. The lowest BCUT2D eigenvalue weighted by Gasteiger charge is -2.71. The summed E-state index contributed by atoms with van der Waals surface area (Å²) < 4.78 is 0. The molecule has 0 saturated heterocycles. The van der Waals surface area contributed by atoms with Crippen molar-refractivity contribution in [2.24, 2.45) is 50.2 Å². The van der Waals surface area contributed by atoms with Crippen LogP contribution in [-0.2, 0) is 9.59 Å². The van der Waals surface area contributed by atoms with Crippen LogP contribution in [0.15, 0.2) is 11.6 Å². The molecule has 6 heteroatoms. The molecule has 0 spiro atoms. The highest BCUT2D eigenvalue weighted by atomic mass is 16.4. The van der Waals surface area contributed by atoms with Crippen molar-refractivity contribution in [2.45, 2.75) is 105 Å². The van der Waals surface area contributed by atoms with Crippen LogP contribution in [0.2, 0.25) is 0 Å². The van der Waals surface area contributed by atoms with Crippen molar-refractivity contribution >= 4 is 12.3 Å². The first-order valence-corrected chi connectivity index (χ1v) is 14.0. The van der Waals surface area contributed by atoms with Gasteiger partial charge in [0.25, 0.3) is 0 Å². The molecular formula is C30H46O6. The minimum Gasteiger partial charge on any atom is -0.481 e. The maximum absolute atomic E-state index is 12.8. The van der Waals surface area contributed by atoms with Crippen molar-refractivity contribution in [2.75, 3.05) is 6.61 Å². The fourth-order valence-corrected chi connectivity index (χ4v) is 10.7. The van der Waals surface area contributed by atoms with E-state index in [1.54, 1.807) is 0 Å². The number of aldehydes is 1. The fraction of sp³-hybridized carbons (Fsp3) is 0.867. The Balaban J connectivity index is 1.61. The Labute approximate surface area is 215 Å². The molecule has 0 aromatic heterocycles. The minimum absolute atomic E-state index is 0.0968. The number of aliphatic carboxylic acids is 1. The SMILES string of the molecule is C[C@]1(C=O)CC[C@]2(C(=O)O)CC[C@]3(C)C(=CC[C@@H]4[C@@]5(C)C[C@H](O)[C@H](O)[C@@](C)(CO)[C@@H]5CC[C@]43C)[C@@H]2C1. The van der Waals surface area contributed by atoms with Gasteiger partial charge < -0.3 is 25.2 Å². The Morgan fingerprint density at radius 2 is 1.67 bits per heavy atom. The lowest BCUT2D eigenvalue weighted by Crippen LogP contribution is -2.68. The first-order valence-electron chi connectivity index (χ1n) is 14.0. The Hall–Kier alpha value is -1.24. The highest BCUT2D eigenvalue weighted by Gasteiger charge is 2.70. The highest BCUT2D eigenvalue weighted by molar-refractivity contribution is 5.77. The van der Waals surface area contributed by atoms with Crippen LogP contribution in [0.1, 0.15) is 92.4 Å². The summed E-state index contributed by atoms with van der Waals surface area (Å²) in [6.45, 7) is 10.8. The molecule has 4 saturated carbocycles. The fourth-order valence-electron chi connectivity index (χ4n) is 10.7. The van der Waals surface area contributed by atoms with E-state index in [4.69, 9.17) is 0 Å². The zero-order valence-corrected chi connectivity index (χ0v) is 22.7. The summed E-state index contributed by atoms with van der Waals surface area (Å²) in [5.74, 6) is -0.499. The van der Waals surface area contributed by atoms with E-state index in [2.05, 4.69) is 26.8 Å². The lowest BCUT2D eigenvalue weighted by molar-refractivity contribution is -0.243. The number of hydrogen-bond acceptors (Lipinski definition) is 5. The standard InChI is InChI=1S/C30H46O6/c1-25(16-31)10-12-30(24(35)36)13-11-28(4)18(19(30)14-25)6-7-22-26(2)15-20(33)23(34)27(3,17-32)21(26)8-9-29(22,28)5/h6,16,19-23,32-34H,7-15,17H2,1-5H3,(H,35,36)/t19-,20-,21+,22+,23-,25-,26-,27-,28+,29+,30-/m0/s1. The lowest BCUT2D eigenvalue weighted by atomic mass is 9.33. The maximum Gasteiger partial charge on any atom is 0.310 e. The second kappa shape index (κ2) is 7.89. The van der Waals surface area contributed by atoms with E-state index < -0.39 is 34.4 Å². The summed E-state index contributed by atoms with van der Waals surface area (Å²) >= 11 is 0. The summed E-state index contributed by atoms with van der Waals surface area (Å²) in [7, 11) is 0. The number of aliphatic hydroxyl groups excluding tert-OH is 3. The normalized spacial score (nSPS) is 56.3. The van der Waals surface area contributed by atoms with Gasteiger partial charge in [0.05, 0.1) is 24.2 Å². The first-order chi connectivity index (χ1) is 16.7. The molecule has 0 heterocycles. The Morgan fingerprint density at radius 1 is 1.00 bits per heavy atom. The number of carbonyl (C=O) groups excluding carboxylic acids is 1. The molecular weight excluding hydrogens is 456 g/mol. The van der Waals surface area contributed by atoms with Crippen LogP contribution in [0.25, 0.3) is 0 Å². The quantitative estimate of drug-likeness (QED) is 0.337. The van der Waals surface area contributed by atoms with Gasteiger partial charge in [0.15, 0.2) is 0 Å². The van der Waals surface area contributed by atoms with Crippen LogP contribution < -0.4 is 0 Å². The summed E-state index contributed by atoms with van der Waals surface area (Å²) in [6.07, 6.45) is 7.92. The van der Waals surface area contributed by atoms with Crippen molar-refractivity contribution in [3.05, 3.63) is 11.6 Å². The molecule has 0 amide bonds. The molecule has 5 aliphatic carbocycles. The number of carboxylic acid groups (broad SMARTS) is 1. The molecule has 202 valence electrons. The average molecular weight is 503 g/mol. The minimum atomic E-state index is -0.940. The van der Waals surface area contributed by atoms with Gasteiger partial charge in [-0.05, 0) is 91.8 Å². The van der Waals surface area contributed by atoms with Gasteiger partial charge in [0.2, 0.25) is 0 Å². The third-order valence-corrected chi connectivity index (χ3v) is 13.2. The van der Waals surface area contributed by atoms with E-state index in [0.717, 1.165) is 32.0 Å². The third-order valence-electron chi connectivity index (χ3n) is 13.2. The van der Waals surface area contributed by atoms with Gasteiger partial charge in [0.1, 0.15) is 6.29 Å². The van der Waals surface area contributed by atoms with E-state index >= 15 is 0 Å². The van der Waals surface area contributed by atoms with Crippen molar-refractivity contribution in [1.82, 2.24) is 0 Å². The highest BCUT2D eigenvalue weighted by Crippen LogP contribution is 2.75. The van der Waals surface area contributed by atoms with Gasteiger partial charge in [-0.3, -0.25) is 4.79 Å². The van der Waals surface area contributed by atoms with Crippen molar-refractivity contribution in [3.8, 4) is 0 Å². The summed E-state index contributed by atoms with van der Waals surface area (Å²) in [6, 6.07) is 0. The summed E-state index contributed by atoms with van der Waals surface area (Å²) in [5.41, 5.74) is -1.31. The molecule has 6 nitrogen and oxygen atoms in total. The second-order valence-corrected chi connectivity index (χ2v) is 14.7. The van der Waals surface area contributed by atoms with Crippen LogP contribution in [0.5, 0.6) is 0 Å². The topological polar surface area (TPSA) is 115 Å². The Bertz CT molecular complexity index is 992. The molecule has 5 aliphatic rings. The van der Waals surface area contributed by atoms with E-state index in [1.807, 2.05) is 13.8 Å². The molecule has 5 rings (SSSR count). The molecule has 4 fully saturated rings. The predicted molar refractivity (Wildman–Crippen MR) is 136 cm³/mol. The average Bonchev–Trinajstić information content (AvgIpc) is 2.83. The van der Waals surface area contributed by atoms with Gasteiger partial charge in [-0.2, -0.15) is 0 Å². The largest absolute Gasteiger partial charge is 0.481 e. The van der Waals surface area contributed by atoms with Crippen LogP contribution in [0, 0.1) is 50.2 Å². The van der Waals surface area contributed by atoms with Crippen LogP contribution in [0.3, 0.4) is 0 Å². The molecule has 0 unspecified atom stereocenters. The molecule has 36 heavy (non-hydrogen) atoms. The van der Waals surface area contributed by atoms with Crippen molar-refractivity contribution in [3.63, 3.8) is 0 Å². The number of rotatable bonds is 3. The van der Waals surface area contributed by atoms with Gasteiger partial charge in [-0.25, -0.2) is 0 Å². The first kappa shape index (κ1) is 26.4. The number of carboxylic acids is 1. The van der Waals surface area contributed by atoms with E-state index in [9.17, 15) is 30.0 Å². The Kier molecular flexibility index (Phi) is 5.78. The smallest absolute Gasteiger partial charge is 0.310 e. The summed E-state index contributed by atoms with van der Waals surface area (Å²) in [5, 5.41) is 42.8. The molecule has 0 aliphatic heterocycles. The molecule has 0 aromatic rings. The van der Waals surface area contributed by atoms with E-state index in [0.29, 0.717) is 32.1 Å². The van der Waals surface area contributed by atoms with Crippen molar-refractivity contribution in [1.29, 1.82) is 0 Å². The van der Waals surface area contributed by atoms with Crippen LogP contribution in [0.4, 0.5) is 0 Å². The molecule has 0 aromatic carbocycles. The molecule has 0 radical (unpaired) electrons. The number of fused-ring (bicyclic) bond motifs is 7. The molecule has 4 N–H and O–H groups in total. The number of hydrogen-bond donors (Lipinski definition) is 4. The zero-order valence-electron chi connectivity index (χ0n) is 22.7. The zero-order chi connectivity index (χ0) is 26.5. The monoisotopic (exact) mass is 502 g/mol. The molecule has 11 atom stereocenters. The van der Waals surface area contributed by atoms with Gasteiger partial charge >= 0.3 is 5.97 Å². The van der Waals surface area contributed by atoms with Gasteiger partial charge in [-0.15, -0.1) is 0 Å². The Morgan fingerprint density at radius 3 is 2.28 bits per heavy atom. The van der Waals surface area contributed by atoms with Gasteiger partial charge in [0, 0.05) is 10.8 Å². The number of aliphatic hydroxyl groups is 3. The number of carbonyl (C=O) groups is 2. The third kappa shape index (κ3) is 3.01. The summed E-state index contributed by atoms with van der Waals surface area (Å²) in [4.78, 5) is 24.8.